The average molecular weight is 648 g/mol. The number of halogens is 1. The van der Waals surface area contributed by atoms with Crippen LogP contribution in [0.25, 0.3) is 11.3 Å². The number of amides is 1. The van der Waals surface area contributed by atoms with Crippen LogP contribution in [0, 0.1) is 17.7 Å². The van der Waals surface area contributed by atoms with Crippen molar-refractivity contribution in [2.24, 2.45) is 17.6 Å². The average Bonchev–Trinajstić information content (AvgIpc) is 3.47. The Hall–Kier alpha value is -5.21. The fourth-order valence-electron chi connectivity index (χ4n) is 7.17. The normalized spacial score (nSPS) is 23.9. The molecule has 0 radical (unpaired) electrons. The summed E-state index contributed by atoms with van der Waals surface area (Å²) in [5, 5.41) is 48.8. The third-order valence-corrected chi connectivity index (χ3v) is 9.33. The minimum absolute atomic E-state index is 0.0107. The Morgan fingerprint density at radius 1 is 1.15 bits per heavy atom. The lowest BCUT2D eigenvalue weighted by molar-refractivity contribution is -0.148. The van der Waals surface area contributed by atoms with Crippen LogP contribution in [0.1, 0.15) is 27.9 Å². The number of nitrogens with zero attached hydrogens (tertiary/aromatic N) is 3. The molecule has 2 aromatic carbocycles. The Labute approximate surface area is 268 Å². The number of hydrogen-bond acceptors (Lipinski definition) is 12. The summed E-state index contributed by atoms with van der Waals surface area (Å²) < 4.78 is 18.8. The van der Waals surface area contributed by atoms with Crippen LogP contribution < -0.4 is 16.0 Å². The smallest absolute Gasteiger partial charge is 0.295 e. The Morgan fingerprint density at radius 3 is 2.45 bits per heavy atom. The Bertz CT molecular complexity index is 1900. The molecule has 1 heterocycles. The number of carbonyl (C=O) groups excluding carboxylic acids is 3. The Morgan fingerprint density at radius 2 is 1.83 bits per heavy atom. The van der Waals surface area contributed by atoms with Gasteiger partial charge in [0.05, 0.1) is 11.6 Å². The number of likely N-dealkylation sites (N-methyl/N-ethyl adjacent to an activating group) is 1. The molecule has 3 aromatic rings. The van der Waals surface area contributed by atoms with Crippen LogP contribution in [0.2, 0.25) is 0 Å². The van der Waals surface area contributed by atoms with Crippen LogP contribution >= 0.6 is 0 Å². The minimum Gasteiger partial charge on any atom is -0.510 e. The molecule has 0 saturated carbocycles. The van der Waals surface area contributed by atoms with E-state index < -0.39 is 63.9 Å². The predicted molar refractivity (Wildman–Crippen MR) is 167 cm³/mol. The number of rotatable bonds is 7. The SMILES string of the molecule is CN(C)c1cc(CNc2nc(-c3ccc(F)cc3)co2)c(O)c2c1C[C@H]1C[C@H]3C(N(C)C)C(O)=C(C(N)=O)C(=O)[C@@]3(O)C(O)=C1C2=O. The largest absolute Gasteiger partial charge is 0.510 e. The summed E-state index contributed by atoms with van der Waals surface area (Å²) in [4.78, 5) is 47.6. The number of oxazole rings is 1. The maximum atomic E-state index is 14.2. The number of carbonyl (C=O) groups is 3. The number of nitrogens with two attached hydrogens (primary N) is 1. The Balaban J connectivity index is 1.40. The summed E-state index contributed by atoms with van der Waals surface area (Å²) in [6.45, 7) is -0.0356. The van der Waals surface area contributed by atoms with E-state index in [0.717, 1.165) is 0 Å². The lowest BCUT2D eigenvalue weighted by atomic mass is 9.58. The monoisotopic (exact) mass is 647 g/mol. The first-order chi connectivity index (χ1) is 22.2. The zero-order valence-electron chi connectivity index (χ0n) is 26.0. The second-order valence-corrected chi connectivity index (χ2v) is 12.5. The zero-order chi connectivity index (χ0) is 34.1. The van der Waals surface area contributed by atoms with Gasteiger partial charge in [-0.3, -0.25) is 19.3 Å². The summed E-state index contributed by atoms with van der Waals surface area (Å²) >= 11 is 0. The van der Waals surface area contributed by atoms with Gasteiger partial charge in [0.1, 0.15) is 40.6 Å². The highest BCUT2D eigenvalue weighted by Crippen LogP contribution is 2.53. The highest BCUT2D eigenvalue weighted by molar-refractivity contribution is 6.25. The maximum absolute atomic E-state index is 14.2. The molecule has 0 saturated heterocycles. The molecular formula is C33H34FN5O8. The molecule has 47 heavy (non-hydrogen) atoms. The van der Waals surface area contributed by atoms with Crippen LogP contribution in [0.4, 0.5) is 16.1 Å². The number of anilines is 2. The van der Waals surface area contributed by atoms with Gasteiger partial charge in [-0.2, -0.15) is 4.98 Å². The number of phenols is 1. The maximum Gasteiger partial charge on any atom is 0.295 e. The first-order valence-corrected chi connectivity index (χ1v) is 14.8. The van der Waals surface area contributed by atoms with Crippen molar-refractivity contribution in [3.05, 3.63) is 81.8 Å². The molecule has 3 aliphatic carbocycles. The highest BCUT2D eigenvalue weighted by Gasteiger charge is 2.63. The number of primary amides is 1. The summed E-state index contributed by atoms with van der Waals surface area (Å²) in [5.74, 6) is -7.50. The molecule has 0 fully saturated rings. The van der Waals surface area contributed by atoms with Crippen molar-refractivity contribution >= 4 is 29.2 Å². The quantitative estimate of drug-likeness (QED) is 0.205. The van der Waals surface area contributed by atoms with Crippen molar-refractivity contribution in [3.63, 3.8) is 0 Å². The van der Waals surface area contributed by atoms with E-state index in [9.17, 15) is 39.2 Å². The summed E-state index contributed by atoms with van der Waals surface area (Å²) in [7, 11) is 6.70. The van der Waals surface area contributed by atoms with Gasteiger partial charge in [-0.05, 0) is 68.8 Å². The fourth-order valence-corrected chi connectivity index (χ4v) is 7.17. The molecule has 1 aromatic heterocycles. The van der Waals surface area contributed by atoms with Gasteiger partial charge in [0.25, 0.3) is 11.9 Å². The number of nitrogens with one attached hydrogen (secondary N) is 1. The van der Waals surface area contributed by atoms with Gasteiger partial charge in [-0.25, -0.2) is 4.39 Å². The molecule has 6 rings (SSSR count). The molecule has 3 aliphatic rings. The van der Waals surface area contributed by atoms with E-state index in [-0.39, 0.29) is 42.3 Å². The van der Waals surface area contributed by atoms with Crippen molar-refractivity contribution in [1.82, 2.24) is 9.88 Å². The number of phenolic OH excluding ortho intramolecular Hbond substituents is 1. The first-order valence-electron chi connectivity index (χ1n) is 14.8. The number of aliphatic hydroxyl groups is 3. The Kier molecular flexibility index (Phi) is 7.60. The molecule has 4 atom stereocenters. The minimum atomic E-state index is -2.73. The number of hydrogen-bond donors (Lipinski definition) is 6. The fraction of sp³-hybridized carbons (Fsp3) is 0.333. The van der Waals surface area contributed by atoms with E-state index in [2.05, 4.69) is 10.3 Å². The predicted octanol–water partition coefficient (Wildman–Crippen LogP) is 2.59. The van der Waals surface area contributed by atoms with Crippen molar-refractivity contribution in [2.75, 3.05) is 38.4 Å². The van der Waals surface area contributed by atoms with E-state index >= 15 is 0 Å². The van der Waals surface area contributed by atoms with Gasteiger partial charge < -0.3 is 40.8 Å². The van der Waals surface area contributed by atoms with Crippen LogP contribution in [0.5, 0.6) is 5.75 Å². The van der Waals surface area contributed by atoms with Crippen LogP contribution in [0.15, 0.2) is 63.7 Å². The zero-order valence-corrected chi connectivity index (χ0v) is 26.0. The lowest BCUT2D eigenvalue weighted by Crippen LogP contribution is -2.63. The van der Waals surface area contributed by atoms with Crippen molar-refractivity contribution in [3.8, 4) is 17.0 Å². The van der Waals surface area contributed by atoms with Gasteiger partial charge in [-0.15, -0.1) is 0 Å². The van der Waals surface area contributed by atoms with Gasteiger partial charge in [0, 0.05) is 48.9 Å². The third-order valence-electron chi connectivity index (χ3n) is 9.33. The summed E-state index contributed by atoms with van der Waals surface area (Å²) in [6.07, 6.45) is 1.53. The van der Waals surface area contributed by atoms with Gasteiger partial charge in [-0.1, -0.05) is 0 Å². The molecular weight excluding hydrogens is 613 g/mol. The lowest BCUT2D eigenvalue weighted by Gasteiger charge is -2.50. The van der Waals surface area contributed by atoms with Crippen molar-refractivity contribution in [2.45, 2.75) is 31.0 Å². The number of benzene rings is 2. The molecule has 1 unspecified atom stereocenters. The standard InChI is InChI=1S/C33H34FN5O8/c1-38(2)21-11-16(12-36-32-37-20(13-47-32)14-5-7-17(34)8-6-14)26(40)23-18(21)9-15-10-19-25(39(3)4)28(42)24(31(35)45)30(44)33(19,46)29(43)22(15)27(23)41/h5-8,11,13,15,19,25,40,42-43,46H,9-10,12H2,1-4H3,(H2,35,45)(H,36,37)/t15-,19-,25?,33-/m0/s1. The third kappa shape index (κ3) is 4.82. The highest BCUT2D eigenvalue weighted by atomic mass is 19.1. The van der Waals surface area contributed by atoms with E-state index in [4.69, 9.17) is 10.2 Å². The molecule has 0 aliphatic heterocycles. The van der Waals surface area contributed by atoms with E-state index in [1.54, 1.807) is 51.3 Å². The van der Waals surface area contributed by atoms with Crippen molar-refractivity contribution in [1.29, 1.82) is 0 Å². The van der Waals surface area contributed by atoms with Gasteiger partial charge >= 0.3 is 0 Å². The molecule has 0 bridgehead atoms. The van der Waals surface area contributed by atoms with E-state index in [0.29, 0.717) is 28.1 Å². The number of aromatic hydroxyl groups is 1. The molecule has 7 N–H and O–H groups in total. The second-order valence-electron chi connectivity index (χ2n) is 12.5. The van der Waals surface area contributed by atoms with E-state index in [1.807, 2.05) is 0 Å². The molecule has 13 nitrogen and oxygen atoms in total. The number of allylic oxidation sites excluding steroid dienone is 1. The molecule has 14 heteroatoms. The second kappa shape index (κ2) is 11.2. The number of Topliss-reactive ketones (excluding diaryl/α,β-unsaturated/α-hetero) is 2. The molecule has 0 spiro atoms. The van der Waals surface area contributed by atoms with Crippen LogP contribution in [-0.2, 0) is 22.6 Å². The van der Waals surface area contributed by atoms with Crippen LogP contribution in [-0.4, -0.2) is 87.6 Å². The van der Waals surface area contributed by atoms with E-state index in [1.165, 1.54) is 23.3 Å². The molecule has 1 amide bonds. The van der Waals surface area contributed by atoms with Gasteiger partial charge in [0.15, 0.2) is 11.4 Å². The topological polar surface area (TPSA) is 203 Å². The number of aliphatic hydroxyl groups excluding tert-OH is 2. The summed E-state index contributed by atoms with van der Waals surface area (Å²) in [6, 6.07) is 6.45. The molecule has 246 valence electrons. The summed E-state index contributed by atoms with van der Waals surface area (Å²) in [5.41, 5.74) is 3.96. The first kappa shape index (κ1) is 31.8. The number of ketones is 2. The van der Waals surface area contributed by atoms with Crippen molar-refractivity contribution < 1.29 is 43.6 Å². The number of fused-ring (bicyclic) bond motifs is 3. The van der Waals surface area contributed by atoms with Crippen LogP contribution in [0.3, 0.4) is 0 Å². The van der Waals surface area contributed by atoms with Gasteiger partial charge in [0.2, 0.25) is 5.78 Å². The number of aromatic nitrogens is 1.